The molecule has 4 heteroatoms. The molecule has 2 rings (SSSR count). The number of nitrogens with two attached hydrogens (primary N) is 1. The van der Waals surface area contributed by atoms with Crippen molar-refractivity contribution in [3.63, 3.8) is 0 Å². The van der Waals surface area contributed by atoms with E-state index in [1.54, 1.807) is 0 Å². The second kappa shape index (κ2) is 3.51. The lowest BCUT2D eigenvalue weighted by molar-refractivity contribution is -0.120. The molecule has 2 fully saturated rings. The number of rotatable bonds is 3. The molecule has 1 spiro atoms. The molecule has 0 aromatic heterocycles. The molecule has 0 radical (unpaired) electrons. The lowest BCUT2D eigenvalue weighted by Gasteiger charge is -2.18. The van der Waals surface area contributed by atoms with E-state index in [1.165, 1.54) is 12.8 Å². The summed E-state index contributed by atoms with van der Waals surface area (Å²) in [5, 5.41) is 3.04. The molecule has 80 valence electrons. The average molecular weight is 197 g/mol. The van der Waals surface area contributed by atoms with Crippen molar-refractivity contribution >= 4 is 5.91 Å². The predicted molar refractivity (Wildman–Crippen MR) is 54.8 cm³/mol. The van der Waals surface area contributed by atoms with Crippen LogP contribution in [0.3, 0.4) is 0 Å². The van der Waals surface area contributed by atoms with Gasteiger partial charge in [0.1, 0.15) is 0 Å². The zero-order valence-corrected chi connectivity index (χ0v) is 8.75. The molecule has 1 aliphatic heterocycles. The van der Waals surface area contributed by atoms with Crippen LogP contribution in [-0.2, 0) is 4.79 Å². The minimum atomic E-state index is -0.0146. The van der Waals surface area contributed by atoms with E-state index in [-0.39, 0.29) is 12.5 Å². The third kappa shape index (κ3) is 1.64. The molecule has 0 aromatic rings. The number of hydrogen-bond donors (Lipinski definition) is 2. The Morgan fingerprint density at radius 1 is 1.64 bits per heavy atom. The summed E-state index contributed by atoms with van der Waals surface area (Å²) in [6.07, 6.45) is 2.53. The summed E-state index contributed by atoms with van der Waals surface area (Å²) in [6, 6.07) is 0.346. The molecule has 3 N–H and O–H groups in total. The quantitative estimate of drug-likeness (QED) is 0.644. The van der Waals surface area contributed by atoms with E-state index >= 15 is 0 Å². The highest BCUT2D eigenvalue weighted by Crippen LogP contribution is 2.52. The van der Waals surface area contributed by atoms with Crippen LogP contribution >= 0.6 is 0 Å². The summed E-state index contributed by atoms with van der Waals surface area (Å²) < 4.78 is 0. The van der Waals surface area contributed by atoms with E-state index in [9.17, 15) is 4.79 Å². The number of hydrogen-bond acceptors (Lipinski definition) is 3. The normalized spacial score (nSPS) is 29.4. The molecule has 4 nitrogen and oxygen atoms in total. The third-order valence-corrected chi connectivity index (χ3v) is 3.58. The van der Waals surface area contributed by atoms with Crippen molar-refractivity contribution in [2.24, 2.45) is 11.1 Å². The first-order valence-electron chi connectivity index (χ1n) is 5.42. The van der Waals surface area contributed by atoms with E-state index in [2.05, 4.69) is 17.1 Å². The van der Waals surface area contributed by atoms with Crippen LogP contribution in [0.15, 0.2) is 0 Å². The molecule has 14 heavy (non-hydrogen) atoms. The van der Waals surface area contributed by atoms with Crippen LogP contribution in [0.25, 0.3) is 0 Å². The van der Waals surface area contributed by atoms with Gasteiger partial charge in [0.25, 0.3) is 0 Å². The van der Waals surface area contributed by atoms with Gasteiger partial charge < -0.3 is 16.0 Å². The summed E-state index contributed by atoms with van der Waals surface area (Å²) >= 11 is 0. The van der Waals surface area contributed by atoms with Crippen LogP contribution in [0.2, 0.25) is 0 Å². The fourth-order valence-electron chi connectivity index (χ4n) is 2.43. The number of likely N-dealkylation sites (N-methyl/N-ethyl adjacent to an activating group) is 1. The summed E-state index contributed by atoms with van der Waals surface area (Å²) in [6.45, 7) is 5.51. The number of carbonyl (C=O) groups excluding carboxylic acids is 1. The molecule has 0 bridgehead atoms. The zero-order valence-electron chi connectivity index (χ0n) is 8.75. The van der Waals surface area contributed by atoms with Crippen molar-refractivity contribution in [3.05, 3.63) is 0 Å². The molecule has 1 heterocycles. The zero-order chi connectivity index (χ0) is 10.2. The standard InChI is InChI=1S/C10H19N3O/c1-2-13-6-8(12-9(14)5-11)10(7-13)3-4-10/h8H,2-7,11H2,1H3,(H,12,14)/t8-/m0/s1. The molecule has 1 amide bonds. The Balaban J connectivity index is 1.95. The molecule has 0 aromatic carbocycles. The van der Waals surface area contributed by atoms with Crippen LogP contribution in [-0.4, -0.2) is 43.0 Å². The third-order valence-electron chi connectivity index (χ3n) is 3.58. The minimum Gasteiger partial charge on any atom is -0.350 e. The largest absolute Gasteiger partial charge is 0.350 e. The topological polar surface area (TPSA) is 58.4 Å². The van der Waals surface area contributed by atoms with Crippen molar-refractivity contribution in [1.29, 1.82) is 0 Å². The van der Waals surface area contributed by atoms with Gasteiger partial charge in [-0.3, -0.25) is 4.79 Å². The van der Waals surface area contributed by atoms with Gasteiger partial charge in [-0.2, -0.15) is 0 Å². The number of nitrogens with zero attached hydrogens (tertiary/aromatic N) is 1. The predicted octanol–water partition coefficient (Wildman–Crippen LogP) is -0.454. The molecule has 1 saturated carbocycles. The van der Waals surface area contributed by atoms with Crippen molar-refractivity contribution in [2.75, 3.05) is 26.2 Å². The Bertz CT molecular complexity index is 238. The van der Waals surface area contributed by atoms with E-state index in [0.717, 1.165) is 19.6 Å². The molecule has 1 atom stereocenters. The van der Waals surface area contributed by atoms with Gasteiger partial charge >= 0.3 is 0 Å². The van der Waals surface area contributed by atoms with Crippen LogP contribution < -0.4 is 11.1 Å². The van der Waals surface area contributed by atoms with Gasteiger partial charge in [0, 0.05) is 24.5 Å². The number of nitrogens with one attached hydrogen (secondary N) is 1. The first-order valence-corrected chi connectivity index (χ1v) is 5.42. The van der Waals surface area contributed by atoms with Gasteiger partial charge in [0.15, 0.2) is 0 Å². The van der Waals surface area contributed by atoms with Crippen LogP contribution in [0.1, 0.15) is 19.8 Å². The van der Waals surface area contributed by atoms with Gasteiger partial charge in [0.05, 0.1) is 6.54 Å². The Kier molecular flexibility index (Phi) is 2.49. The second-order valence-corrected chi connectivity index (χ2v) is 4.51. The monoisotopic (exact) mass is 197 g/mol. The Morgan fingerprint density at radius 2 is 2.36 bits per heavy atom. The summed E-state index contributed by atoms with van der Waals surface area (Å²) in [7, 11) is 0. The van der Waals surface area contributed by atoms with Crippen molar-refractivity contribution in [3.8, 4) is 0 Å². The smallest absolute Gasteiger partial charge is 0.234 e. The molecular formula is C10H19N3O. The number of carbonyl (C=O) groups is 1. The number of amides is 1. The van der Waals surface area contributed by atoms with Crippen molar-refractivity contribution in [1.82, 2.24) is 10.2 Å². The molecule has 1 aliphatic carbocycles. The lowest BCUT2D eigenvalue weighted by atomic mass is 10.0. The van der Waals surface area contributed by atoms with Gasteiger partial charge in [-0.05, 0) is 19.4 Å². The lowest BCUT2D eigenvalue weighted by Crippen LogP contribution is -2.44. The minimum absolute atomic E-state index is 0.0146. The maximum absolute atomic E-state index is 11.2. The van der Waals surface area contributed by atoms with Gasteiger partial charge in [0.2, 0.25) is 5.91 Å². The maximum Gasteiger partial charge on any atom is 0.234 e. The van der Waals surface area contributed by atoms with E-state index in [1.807, 2.05) is 0 Å². The van der Waals surface area contributed by atoms with E-state index in [0.29, 0.717) is 11.5 Å². The van der Waals surface area contributed by atoms with Gasteiger partial charge in [-0.1, -0.05) is 6.92 Å². The first kappa shape index (κ1) is 9.93. The average Bonchev–Trinajstić information content (AvgIpc) is 2.87. The van der Waals surface area contributed by atoms with Crippen LogP contribution in [0.5, 0.6) is 0 Å². The van der Waals surface area contributed by atoms with Crippen LogP contribution in [0, 0.1) is 5.41 Å². The van der Waals surface area contributed by atoms with Crippen molar-refractivity contribution < 1.29 is 4.79 Å². The molecule has 2 aliphatic rings. The van der Waals surface area contributed by atoms with Crippen LogP contribution in [0.4, 0.5) is 0 Å². The fourth-order valence-corrected chi connectivity index (χ4v) is 2.43. The molecule has 1 saturated heterocycles. The highest BCUT2D eigenvalue weighted by molar-refractivity contribution is 5.78. The Hall–Kier alpha value is -0.610. The Labute approximate surface area is 84.8 Å². The molecular weight excluding hydrogens is 178 g/mol. The van der Waals surface area contributed by atoms with Gasteiger partial charge in [-0.25, -0.2) is 0 Å². The fraction of sp³-hybridized carbons (Fsp3) is 0.900. The first-order chi connectivity index (χ1) is 6.70. The second-order valence-electron chi connectivity index (χ2n) is 4.51. The highest BCUT2D eigenvalue weighted by Gasteiger charge is 2.54. The number of likely N-dealkylation sites (tertiary alicyclic amines) is 1. The maximum atomic E-state index is 11.2. The Morgan fingerprint density at radius 3 is 2.86 bits per heavy atom. The summed E-state index contributed by atoms with van der Waals surface area (Å²) in [4.78, 5) is 13.6. The van der Waals surface area contributed by atoms with E-state index < -0.39 is 0 Å². The summed E-state index contributed by atoms with van der Waals surface area (Å²) in [5.74, 6) is -0.0146. The highest BCUT2D eigenvalue weighted by atomic mass is 16.1. The van der Waals surface area contributed by atoms with Gasteiger partial charge in [-0.15, -0.1) is 0 Å². The SMILES string of the molecule is CCN1C[C@H](NC(=O)CN)C2(CC2)C1. The van der Waals surface area contributed by atoms with Crippen molar-refractivity contribution in [2.45, 2.75) is 25.8 Å². The summed E-state index contributed by atoms with van der Waals surface area (Å²) in [5.41, 5.74) is 5.70. The van der Waals surface area contributed by atoms with E-state index in [4.69, 9.17) is 5.73 Å². The molecule has 0 unspecified atom stereocenters.